The van der Waals surface area contributed by atoms with E-state index in [-0.39, 0.29) is 11.4 Å². The van der Waals surface area contributed by atoms with E-state index in [9.17, 15) is 4.79 Å². The summed E-state index contributed by atoms with van der Waals surface area (Å²) in [6, 6.07) is 7.64. The monoisotopic (exact) mass is 277 g/mol. The Morgan fingerprint density at radius 3 is 2.00 bits per heavy atom. The van der Waals surface area contributed by atoms with Crippen LogP contribution in [-0.4, -0.2) is 17.6 Å². The Balaban J connectivity index is 2.67. The van der Waals surface area contributed by atoms with Crippen molar-refractivity contribution in [2.45, 2.75) is 65.0 Å². The van der Waals surface area contributed by atoms with Gasteiger partial charge in [-0.15, -0.1) is 0 Å². The molecule has 1 aromatic carbocycles. The summed E-state index contributed by atoms with van der Waals surface area (Å²) in [7, 11) is 0. The molecular weight excluding hydrogens is 250 g/mol. The van der Waals surface area contributed by atoms with E-state index < -0.39 is 11.6 Å². The van der Waals surface area contributed by atoms with Gasteiger partial charge in [-0.25, -0.2) is 0 Å². The smallest absolute Gasteiger partial charge is 0.323 e. The van der Waals surface area contributed by atoms with Crippen molar-refractivity contribution in [2.24, 2.45) is 5.73 Å². The van der Waals surface area contributed by atoms with Crippen LogP contribution in [0.15, 0.2) is 24.3 Å². The molecule has 3 heteroatoms. The number of hydrogen-bond acceptors (Lipinski definition) is 3. The summed E-state index contributed by atoms with van der Waals surface area (Å²) in [6.07, 6.45) is 0.499. The summed E-state index contributed by atoms with van der Waals surface area (Å²) < 4.78 is 5.29. The summed E-state index contributed by atoms with van der Waals surface area (Å²) in [5, 5.41) is 0. The van der Waals surface area contributed by atoms with E-state index >= 15 is 0 Å². The van der Waals surface area contributed by atoms with Crippen LogP contribution in [0.1, 0.15) is 52.7 Å². The van der Waals surface area contributed by atoms with Crippen molar-refractivity contribution in [1.29, 1.82) is 0 Å². The van der Waals surface area contributed by atoms with Gasteiger partial charge in [-0.2, -0.15) is 0 Å². The minimum absolute atomic E-state index is 0.131. The van der Waals surface area contributed by atoms with Gasteiger partial charge in [0.05, 0.1) is 0 Å². The largest absolute Gasteiger partial charge is 0.459 e. The fraction of sp³-hybridized carbons (Fsp3) is 0.588. The minimum atomic E-state index is -0.616. The summed E-state index contributed by atoms with van der Waals surface area (Å²) in [4.78, 5) is 11.8. The molecule has 20 heavy (non-hydrogen) atoms. The number of benzene rings is 1. The Morgan fingerprint density at radius 1 is 1.10 bits per heavy atom. The van der Waals surface area contributed by atoms with E-state index in [4.69, 9.17) is 10.5 Å². The molecule has 0 fully saturated rings. The number of nitrogens with two attached hydrogens (primary N) is 1. The van der Waals surface area contributed by atoms with E-state index in [1.54, 1.807) is 0 Å². The Hall–Kier alpha value is -1.35. The quantitative estimate of drug-likeness (QED) is 0.863. The Labute approximate surface area is 122 Å². The van der Waals surface area contributed by atoms with Gasteiger partial charge in [0.2, 0.25) is 0 Å². The Bertz CT molecular complexity index is 449. The molecule has 0 aliphatic heterocycles. The lowest BCUT2D eigenvalue weighted by molar-refractivity contribution is -0.156. The van der Waals surface area contributed by atoms with Crippen molar-refractivity contribution < 1.29 is 9.53 Å². The molecule has 0 heterocycles. The molecule has 1 aromatic rings. The predicted molar refractivity (Wildman–Crippen MR) is 82.7 cm³/mol. The van der Waals surface area contributed by atoms with E-state index in [0.29, 0.717) is 6.42 Å². The molecule has 0 saturated carbocycles. The van der Waals surface area contributed by atoms with Crippen LogP contribution >= 0.6 is 0 Å². The second kappa shape index (κ2) is 5.96. The number of ether oxygens (including phenoxy) is 1. The number of hydrogen-bond donors (Lipinski definition) is 1. The maximum Gasteiger partial charge on any atom is 0.323 e. The normalized spacial score (nSPS) is 13.9. The molecule has 0 amide bonds. The molecule has 3 nitrogen and oxygen atoms in total. The molecule has 0 aliphatic carbocycles. The van der Waals surface area contributed by atoms with Crippen LogP contribution in [0.5, 0.6) is 0 Å². The van der Waals surface area contributed by atoms with Gasteiger partial charge in [0.1, 0.15) is 11.6 Å². The molecule has 2 N–H and O–H groups in total. The number of esters is 1. The fourth-order valence-corrected chi connectivity index (χ4v) is 1.86. The van der Waals surface area contributed by atoms with Gasteiger partial charge < -0.3 is 10.5 Å². The number of rotatable bonds is 3. The highest BCUT2D eigenvalue weighted by atomic mass is 16.6. The molecule has 112 valence electrons. The zero-order chi connectivity index (χ0) is 15.6. The topological polar surface area (TPSA) is 52.3 Å². The maximum atomic E-state index is 11.8. The molecule has 0 spiro atoms. The molecule has 1 rings (SSSR count). The zero-order valence-electron chi connectivity index (χ0n) is 13.5. The molecule has 0 saturated heterocycles. The predicted octanol–water partition coefficient (Wildman–Crippen LogP) is 3.20. The fourth-order valence-electron chi connectivity index (χ4n) is 1.86. The van der Waals surface area contributed by atoms with Gasteiger partial charge in [-0.1, -0.05) is 45.0 Å². The van der Waals surface area contributed by atoms with Crippen LogP contribution in [0.3, 0.4) is 0 Å². The van der Waals surface area contributed by atoms with Crippen LogP contribution in [0.25, 0.3) is 0 Å². The van der Waals surface area contributed by atoms with Crippen LogP contribution < -0.4 is 5.73 Å². The van der Waals surface area contributed by atoms with Gasteiger partial charge >= 0.3 is 5.97 Å². The van der Waals surface area contributed by atoms with Crippen LogP contribution in [0.2, 0.25) is 0 Å². The number of carbonyl (C=O) groups is 1. The van der Waals surface area contributed by atoms with Crippen molar-refractivity contribution in [3.63, 3.8) is 0 Å². The van der Waals surface area contributed by atoms with Crippen LogP contribution in [-0.2, 0) is 21.4 Å². The van der Waals surface area contributed by atoms with Crippen molar-refractivity contribution in [3.05, 3.63) is 35.4 Å². The van der Waals surface area contributed by atoms with E-state index in [2.05, 4.69) is 32.9 Å². The summed E-state index contributed by atoms with van der Waals surface area (Å²) in [5.74, 6) is -0.350. The zero-order valence-corrected chi connectivity index (χ0v) is 13.5. The van der Waals surface area contributed by atoms with E-state index in [1.165, 1.54) is 5.56 Å². The molecule has 0 unspecified atom stereocenters. The highest BCUT2D eigenvalue weighted by Gasteiger charge is 2.22. The first-order valence-corrected chi connectivity index (χ1v) is 7.07. The minimum Gasteiger partial charge on any atom is -0.459 e. The highest BCUT2D eigenvalue weighted by Crippen LogP contribution is 2.22. The summed E-state index contributed by atoms with van der Waals surface area (Å²) >= 11 is 0. The van der Waals surface area contributed by atoms with Gasteiger partial charge in [-0.05, 0) is 43.7 Å². The van der Waals surface area contributed by atoms with Crippen LogP contribution in [0, 0.1) is 0 Å². The third-order valence-corrected chi connectivity index (χ3v) is 2.99. The molecular formula is C17H27NO2. The standard InChI is InChI=1S/C17H27NO2/c1-16(2,3)13-9-7-12(8-10-13)11-14(18)15(19)20-17(4,5)6/h7-10,14H,11,18H2,1-6H3/t14-/m0/s1. The lowest BCUT2D eigenvalue weighted by Crippen LogP contribution is -2.38. The summed E-state index contributed by atoms with van der Waals surface area (Å²) in [6.45, 7) is 12.1. The van der Waals surface area contributed by atoms with Crippen LogP contribution in [0.4, 0.5) is 0 Å². The van der Waals surface area contributed by atoms with Crippen molar-refractivity contribution in [3.8, 4) is 0 Å². The molecule has 0 aliphatic rings. The first-order chi connectivity index (χ1) is 8.99. The SMILES string of the molecule is CC(C)(C)OC(=O)[C@@H](N)Cc1ccc(C(C)(C)C)cc1. The summed E-state index contributed by atoms with van der Waals surface area (Å²) in [5.41, 5.74) is 7.86. The lowest BCUT2D eigenvalue weighted by Gasteiger charge is -2.22. The molecule has 1 atom stereocenters. The van der Waals surface area contributed by atoms with Gasteiger partial charge in [0, 0.05) is 0 Å². The maximum absolute atomic E-state index is 11.8. The third kappa shape index (κ3) is 5.33. The first-order valence-electron chi connectivity index (χ1n) is 7.07. The highest BCUT2D eigenvalue weighted by molar-refractivity contribution is 5.76. The molecule has 0 bridgehead atoms. The van der Waals surface area contributed by atoms with E-state index in [0.717, 1.165) is 5.56 Å². The Kier molecular flexibility index (Phi) is 4.98. The molecule has 0 radical (unpaired) electrons. The van der Waals surface area contributed by atoms with Gasteiger partial charge in [0.15, 0.2) is 0 Å². The van der Waals surface area contributed by atoms with Crippen molar-refractivity contribution in [2.75, 3.05) is 0 Å². The molecule has 0 aromatic heterocycles. The first kappa shape index (κ1) is 16.7. The Morgan fingerprint density at radius 2 is 1.60 bits per heavy atom. The average Bonchev–Trinajstić information content (AvgIpc) is 2.26. The average molecular weight is 277 g/mol. The number of carbonyl (C=O) groups excluding carboxylic acids is 1. The van der Waals surface area contributed by atoms with Crippen molar-refractivity contribution in [1.82, 2.24) is 0 Å². The van der Waals surface area contributed by atoms with Gasteiger partial charge in [0.25, 0.3) is 0 Å². The third-order valence-electron chi connectivity index (χ3n) is 2.99. The second-order valence-corrected chi connectivity index (χ2v) is 7.29. The van der Waals surface area contributed by atoms with Crippen molar-refractivity contribution >= 4 is 5.97 Å². The lowest BCUT2D eigenvalue weighted by atomic mass is 9.86. The van der Waals surface area contributed by atoms with E-state index in [1.807, 2.05) is 32.9 Å². The van der Waals surface area contributed by atoms with Gasteiger partial charge in [-0.3, -0.25) is 4.79 Å². The second-order valence-electron chi connectivity index (χ2n) is 7.29.